The van der Waals surface area contributed by atoms with Gasteiger partial charge in [-0.2, -0.15) is 13.2 Å². The molecule has 0 spiro atoms. The Morgan fingerprint density at radius 2 is 1.71 bits per heavy atom. The van der Waals surface area contributed by atoms with Crippen molar-refractivity contribution in [3.8, 4) is 16.9 Å². The van der Waals surface area contributed by atoms with Gasteiger partial charge in [-0.15, -0.1) is 0 Å². The minimum absolute atomic E-state index is 0.0550. The third-order valence-electron chi connectivity index (χ3n) is 2.92. The number of rotatable bonds is 3. The van der Waals surface area contributed by atoms with Crippen molar-refractivity contribution in [2.75, 3.05) is 5.73 Å². The molecule has 0 aromatic heterocycles. The minimum Gasteiger partial charge on any atom is -0.489 e. The molecule has 0 unspecified atom stereocenters. The van der Waals surface area contributed by atoms with E-state index in [1.807, 2.05) is 13.8 Å². The smallest absolute Gasteiger partial charge is 0.417 e. The summed E-state index contributed by atoms with van der Waals surface area (Å²) in [4.78, 5) is 0. The normalized spacial score (nSPS) is 11.7. The number of anilines is 1. The van der Waals surface area contributed by atoms with Crippen LogP contribution in [0.5, 0.6) is 5.75 Å². The quantitative estimate of drug-likeness (QED) is 0.830. The summed E-state index contributed by atoms with van der Waals surface area (Å²) < 4.78 is 44.6. The van der Waals surface area contributed by atoms with Gasteiger partial charge in [0.2, 0.25) is 0 Å². The van der Waals surface area contributed by atoms with Crippen molar-refractivity contribution in [3.63, 3.8) is 0 Å². The lowest BCUT2D eigenvalue weighted by atomic mass is 9.99. The highest BCUT2D eigenvalue weighted by atomic mass is 19.4. The van der Waals surface area contributed by atoms with Gasteiger partial charge in [0.15, 0.2) is 0 Å². The van der Waals surface area contributed by atoms with E-state index >= 15 is 0 Å². The van der Waals surface area contributed by atoms with Crippen molar-refractivity contribution >= 4 is 5.69 Å². The van der Waals surface area contributed by atoms with Crippen molar-refractivity contribution in [2.45, 2.75) is 26.1 Å². The van der Waals surface area contributed by atoms with E-state index in [2.05, 4.69) is 0 Å². The Kier molecular flexibility index (Phi) is 4.11. The number of nitrogens with two attached hydrogens (primary N) is 1. The number of halogens is 3. The van der Waals surface area contributed by atoms with Gasteiger partial charge in [-0.05, 0) is 43.2 Å². The summed E-state index contributed by atoms with van der Waals surface area (Å²) >= 11 is 0. The van der Waals surface area contributed by atoms with Crippen LogP contribution < -0.4 is 10.5 Å². The van der Waals surface area contributed by atoms with Crippen LogP contribution in [0.3, 0.4) is 0 Å². The largest absolute Gasteiger partial charge is 0.489 e. The lowest BCUT2D eigenvalue weighted by Gasteiger charge is -2.15. The average Bonchev–Trinajstić information content (AvgIpc) is 2.40. The Morgan fingerprint density at radius 3 is 2.29 bits per heavy atom. The molecule has 0 saturated carbocycles. The third kappa shape index (κ3) is 3.48. The zero-order chi connectivity index (χ0) is 15.6. The number of nitrogen functional groups attached to an aromatic ring is 1. The summed E-state index contributed by atoms with van der Waals surface area (Å²) in [5.41, 5.74) is 6.02. The first-order valence-corrected chi connectivity index (χ1v) is 6.52. The second kappa shape index (κ2) is 5.68. The zero-order valence-corrected chi connectivity index (χ0v) is 11.7. The van der Waals surface area contributed by atoms with E-state index < -0.39 is 11.7 Å². The lowest BCUT2D eigenvalue weighted by Crippen LogP contribution is -2.08. The molecule has 2 nitrogen and oxygen atoms in total. The molecule has 0 fully saturated rings. The van der Waals surface area contributed by atoms with E-state index in [-0.39, 0.29) is 11.7 Å². The van der Waals surface area contributed by atoms with Crippen LogP contribution in [0.25, 0.3) is 11.1 Å². The SMILES string of the molecule is CC(C)Oc1ccc(-c2ccccc2C(F)(F)F)cc1N. The fraction of sp³-hybridized carbons (Fsp3) is 0.250. The van der Waals surface area contributed by atoms with Gasteiger partial charge in [-0.3, -0.25) is 0 Å². The Labute approximate surface area is 121 Å². The molecule has 0 saturated heterocycles. The fourth-order valence-electron chi connectivity index (χ4n) is 2.06. The lowest BCUT2D eigenvalue weighted by molar-refractivity contribution is -0.137. The molecule has 0 aliphatic rings. The van der Waals surface area contributed by atoms with Gasteiger partial charge in [0.25, 0.3) is 0 Å². The van der Waals surface area contributed by atoms with E-state index in [1.54, 1.807) is 18.2 Å². The standard InChI is InChI=1S/C16H16F3NO/c1-10(2)21-15-8-7-11(9-14(15)20)12-5-3-4-6-13(12)16(17,18)19/h3-10H,20H2,1-2H3. The molecule has 0 radical (unpaired) electrons. The van der Waals surface area contributed by atoms with E-state index in [1.165, 1.54) is 18.2 Å². The van der Waals surface area contributed by atoms with E-state index in [0.29, 0.717) is 17.0 Å². The van der Waals surface area contributed by atoms with E-state index in [4.69, 9.17) is 10.5 Å². The zero-order valence-electron chi connectivity index (χ0n) is 11.7. The van der Waals surface area contributed by atoms with Crippen LogP contribution in [-0.2, 0) is 6.18 Å². The molecule has 2 aromatic rings. The highest BCUT2D eigenvalue weighted by Gasteiger charge is 2.33. The van der Waals surface area contributed by atoms with Crippen LogP contribution in [0.4, 0.5) is 18.9 Å². The molecule has 21 heavy (non-hydrogen) atoms. The maximum Gasteiger partial charge on any atom is 0.417 e. The molecule has 0 heterocycles. The molecule has 0 bridgehead atoms. The van der Waals surface area contributed by atoms with Gasteiger partial charge < -0.3 is 10.5 Å². The number of hydrogen-bond donors (Lipinski definition) is 1. The minimum atomic E-state index is -4.40. The molecule has 5 heteroatoms. The molecular formula is C16H16F3NO. The number of hydrogen-bond acceptors (Lipinski definition) is 2. The van der Waals surface area contributed by atoms with Gasteiger partial charge >= 0.3 is 6.18 Å². The Morgan fingerprint density at radius 1 is 1.05 bits per heavy atom. The van der Waals surface area contributed by atoms with Crippen molar-refractivity contribution < 1.29 is 17.9 Å². The molecule has 2 N–H and O–H groups in total. The molecule has 0 atom stereocenters. The third-order valence-corrected chi connectivity index (χ3v) is 2.92. The Bertz CT molecular complexity index is 636. The van der Waals surface area contributed by atoms with Gasteiger partial charge in [0.05, 0.1) is 17.4 Å². The predicted octanol–water partition coefficient (Wildman–Crippen LogP) is 4.74. The summed E-state index contributed by atoms with van der Waals surface area (Å²) in [7, 11) is 0. The summed E-state index contributed by atoms with van der Waals surface area (Å²) in [5, 5.41) is 0. The topological polar surface area (TPSA) is 35.2 Å². The summed E-state index contributed by atoms with van der Waals surface area (Å²) in [6, 6.07) is 10.1. The molecule has 2 rings (SSSR count). The predicted molar refractivity (Wildman–Crippen MR) is 77.1 cm³/mol. The average molecular weight is 295 g/mol. The van der Waals surface area contributed by atoms with Crippen molar-refractivity contribution in [3.05, 3.63) is 48.0 Å². The second-order valence-electron chi connectivity index (χ2n) is 4.96. The number of ether oxygens (including phenoxy) is 1. The fourth-order valence-corrected chi connectivity index (χ4v) is 2.06. The van der Waals surface area contributed by atoms with Gasteiger partial charge in [-0.1, -0.05) is 24.3 Å². The Hall–Kier alpha value is -2.17. The first-order valence-electron chi connectivity index (χ1n) is 6.52. The van der Waals surface area contributed by atoms with Crippen LogP contribution in [0.2, 0.25) is 0 Å². The molecule has 0 aliphatic heterocycles. The van der Waals surface area contributed by atoms with Crippen LogP contribution in [0.15, 0.2) is 42.5 Å². The first kappa shape index (κ1) is 15.2. The monoisotopic (exact) mass is 295 g/mol. The van der Waals surface area contributed by atoms with Crippen molar-refractivity contribution in [2.24, 2.45) is 0 Å². The summed E-state index contributed by atoms with van der Waals surface area (Å²) in [5.74, 6) is 0.471. The molecule has 2 aromatic carbocycles. The van der Waals surface area contributed by atoms with Crippen LogP contribution in [0.1, 0.15) is 19.4 Å². The number of alkyl halides is 3. The maximum absolute atomic E-state index is 13.0. The van der Waals surface area contributed by atoms with E-state index in [0.717, 1.165) is 6.07 Å². The van der Waals surface area contributed by atoms with E-state index in [9.17, 15) is 13.2 Å². The van der Waals surface area contributed by atoms with Crippen LogP contribution in [0, 0.1) is 0 Å². The summed E-state index contributed by atoms with van der Waals surface area (Å²) in [6.45, 7) is 3.71. The van der Waals surface area contributed by atoms with Crippen LogP contribution >= 0.6 is 0 Å². The highest BCUT2D eigenvalue weighted by molar-refractivity contribution is 5.73. The van der Waals surface area contributed by atoms with Gasteiger partial charge in [0, 0.05) is 0 Å². The molecule has 0 amide bonds. The number of benzene rings is 2. The Balaban J connectivity index is 2.47. The second-order valence-corrected chi connectivity index (χ2v) is 4.96. The summed E-state index contributed by atoms with van der Waals surface area (Å²) in [6.07, 6.45) is -4.46. The maximum atomic E-state index is 13.0. The van der Waals surface area contributed by atoms with Crippen molar-refractivity contribution in [1.82, 2.24) is 0 Å². The first-order chi connectivity index (χ1) is 9.79. The van der Waals surface area contributed by atoms with Crippen LogP contribution in [-0.4, -0.2) is 6.10 Å². The molecular weight excluding hydrogens is 279 g/mol. The highest BCUT2D eigenvalue weighted by Crippen LogP contribution is 2.38. The molecule has 0 aliphatic carbocycles. The van der Waals surface area contributed by atoms with Crippen molar-refractivity contribution in [1.29, 1.82) is 0 Å². The van der Waals surface area contributed by atoms with Gasteiger partial charge in [-0.25, -0.2) is 0 Å². The molecule has 112 valence electrons. The van der Waals surface area contributed by atoms with Gasteiger partial charge in [0.1, 0.15) is 5.75 Å².